The first-order chi connectivity index (χ1) is 14.7. The van der Waals surface area contributed by atoms with Crippen LogP contribution >= 0.6 is 0 Å². The van der Waals surface area contributed by atoms with E-state index < -0.39 is 0 Å². The molecular formula is C24H29NO5. The van der Waals surface area contributed by atoms with E-state index in [1.165, 1.54) is 19.3 Å². The highest BCUT2D eigenvalue weighted by molar-refractivity contribution is 5.82. The quantitative estimate of drug-likeness (QED) is 0.685. The first-order valence-corrected chi connectivity index (χ1v) is 10.3. The molecule has 160 valence electrons. The minimum absolute atomic E-state index is 0.173. The molecule has 2 aromatic carbocycles. The van der Waals surface area contributed by atoms with Crippen molar-refractivity contribution < 1.29 is 23.7 Å². The monoisotopic (exact) mass is 411 g/mol. The summed E-state index contributed by atoms with van der Waals surface area (Å²) in [6.45, 7) is 2.02. The second kappa shape index (κ2) is 8.88. The second-order valence-electron chi connectivity index (χ2n) is 7.48. The van der Waals surface area contributed by atoms with Crippen LogP contribution in [-0.4, -0.2) is 46.4 Å². The maximum Gasteiger partial charge on any atom is 0.179 e. The number of ether oxygens (including phenoxy) is 5. The molecule has 0 aliphatic carbocycles. The van der Waals surface area contributed by atoms with Gasteiger partial charge in [0.1, 0.15) is 5.76 Å². The number of hydrogen-bond acceptors (Lipinski definition) is 6. The van der Waals surface area contributed by atoms with Crippen LogP contribution in [0.2, 0.25) is 0 Å². The van der Waals surface area contributed by atoms with E-state index in [4.69, 9.17) is 23.7 Å². The Morgan fingerprint density at radius 3 is 2.07 bits per heavy atom. The van der Waals surface area contributed by atoms with Crippen molar-refractivity contribution in [1.29, 1.82) is 0 Å². The lowest BCUT2D eigenvalue weighted by Gasteiger charge is -2.38. The molecule has 2 aromatic rings. The SMILES string of the molecule is COc1ccc(C2=Cc3cc(OC)c(OC)cc3[C@H](N3CCCCC3)O2)cc1OC. The van der Waals surface area contributed by atoms with Gasteiger partial charge in [0.15, 0.2) is 29.2 Å². The van der Waals surface area contributed by atoms with Crippen LogP contribution in [0.25, 0.3) is 11.8 Å². The molecule has 30 heavy (non-hydrogen) atoms. The van der Waals surface area contributed by atoms with Crippen LogP contribution in [0, 0.1) is 0 Å². The van der Waals surface area contributed by atoms with Crippen LogP contribution in [0.3, 0.4) is 0 Å². The minimum atomic E-state index is -0.173. The summed E-state index contributed by atoms with van der Waals surface area (Å²) in [6, 6.07) is 9.90. The maximum atomic E-state index is 6.58. The summed E-state index contributed by atoms with van der Waals surface area (Å²) in [7, 11) is 6.59. The van der Waals surface area contributed by atoms with Gasteiger partial charge in [-0.2, -0.15) is 0 Å². The predicted octanol–water partition coefficient (Wildman–Crippen LogP) is 4.73. The highest BCUT2D eigenvalue weighted by Gasteiger charge is 2.31. The number of piperidine rings is 1. The van der Waals surface area contributed by atoms with Gasteiger partial charge in [0, 0.05) is 24.2 Å². The summed E-state index contributed by atoms with van der Waals surface area (Å²) in [5, 5.41) is 0. The molecule has 0 bridgehead atoms. The van der Waals surface area contributed by atoms with E-state index in [-0.39, 0.29) is 6.23 Å². The van der Waals surface area contributed by atoms with Gasteiger partial charge in [-0.3, -0.25) is 4.90 Å². The first-order valence-electron chi connectivity index (χ1n) is 10.3. The van der Waals surface area contributed by atoms with E-state index >= 15 is 0 Å². The molecule has 2 aliphatic rings. The molecule has 0 unspecified atom stereocenters. The summed E-state index contributed by atoms with van der Waals surface area (Å²) < 4.78 is 28.6. The van der Waals surface area contributed by atoms with E-state index in [0.29, 0.717) is 23.0 Å². The molecule has 0 aromatic heterocycles. The molecule has 1 atom stereocenters. The topological polar surface area (TPSA) is 49.4 Å². The van der Waals surface area contributed by atoms with Gasteiger partial charge in [0.25, 0.3) is 0 Å². The zero-order valence-electron chi connectivity index (χ0n) is 18.1. The first kappa shape index (κ1) is 20.4. The Morgan fingerprint density at radius 1 is 0.767 bits per heavy atom. The lowest BCUT2D eigenvalue weighted by Crippen LogP contribution is -2.36. The summed E-state index contributed by atoms with van der Waals surface area (Å²) in [4.78, 5) is 2.40. The fourth-order valence-electron chi connectivity index (χ4n) is 4.17. The van der Waals surface area contributed by atoms with Gasteiger partial charge in [-0.1, -0.05) is 6.42 Å². The number of benzene rings is 2. The fourth-order valence-corrected chi connectivity index (χ4v) is 4.17. The third kappa shape index (κ3) is 3.79. The molecule has 0 amide bonds. The third-order valence-corrected chi connectivity index (χ3v) is 5.77. The predicted molar refractivity (Wildman–Crippen MR) is 116 cm³/mol. The highest BCUT2D eigenvalue weighted by atomic mass is 16.5. The van der Waals surface area contributed by atoms with Crippen molar-refractivity contribution in [1.82, 2.24) is 4.90 Å². The summed E-state index contributed by atoms with van der Waals surface area (Å²) in [5.41, 5.74) is 3.10. The molecule has 0 spiro atoms. The van der Waals surface area contributed by atoms with Crippen molar-refractivity contribution in [3.8, 4) is 23.0 Å². The normalized spacial score (nSPS) is 18.7. The van der Waals surface area contributed by atoms with Crippen molar-refractivity contribution in [3.05, 3.63) is 47.0 Å². The molecule has 0 radical (unpaired) electrons. The van der Waals surface area contributed by atoms with Gasteiger partial charge >= 0.3 is 0 Å². The maximum absolute atomic E-state index is 6.58. The van der Waals surface area contributed by atoms with Gasteiger partial charge in [-0.05, 0) is 54.8 Å². The molecule has 1 saturated heterocycles. The molecule has 2 aliphatic heterocycles. The van der Waals surface area contributed by atoms with Crippen LogP contribution in [0.1, 0.15) is 42.2 Å². The van der Waals surface area contributed by atoms with E-state index in [1.54, 1.807) is 28.4 Å². The van der Waals surface area contributed by atoms with Crippen molar-refractivity contribution >= 4 is 11.8 Å². The number of likely N-dealkylation sites (tertiary alicyclic amines) is 1. The average Bonchev–Trinajstić information content (AvgIpc) is 2.82. The molecule has 1 fully saturated rings. The van der Waals surface area contributed by atoms with E-state index in [1.807, 2.05) is 30.3 Å². The number of hydrogen-bond donors (Lipinski definition) is 0. The van der Waals surface area contributed by atoms with Gasteiger partial charge in [-0.25, -0.2) is 0 Å². The van der Waals surface area contributed by atoms with E-state index in [9.17, 15) is 0 Å². The van der Waals surface area contributed by atoms with Crippen LogP contribution in [0.5, 0.6) is 23.0 Å². The molecule has 0 saturated carbocycles. The zero-order valence-corrected chi connectivity index (χ0v) is 18.1. The number of nitrogens with zero attached hydrogens (tertiary/aromatic N) is 1. The van der Waals surface area contributed by atoms with Crippen LogP contribution in [0.15, 0.2) is 30.3 Å². The Hall–Kier alpha value is -2.86. The Labute approximate surface area is 177 Å². The Balaban J connectivity index is 1.80. The standard InChI is InChI=1S/C24H29NO5/c1-26-19-9-8-16(12-21(19)27-2)20-13-17-14-22(28-3)23(29-4)15-18(17)24(30-20)25-10-6-5-7-11-25/h8-9,12-15,24H,5-7,10-11H2,1-4H3/t24-/m1/s1. The van der Waals surface area contributed by atoms with Crippen LogP contribution in [-0.2, 0) is 4.74 Å². The smallest absolute Gasteiger partial charge is 0.179 e. The number of methoxy groups -OCH3 is 4. The van der Waals surface area contributed by atoms with Crippen LogP contribution in [0.4, 0.5) is 0 Å². The van der Waals surface area contributed by atoms with Crippen molar-refractivity contribution in [2.24, 2.45) is 0 Å². The Bertz CT molecular complexity index is 933. The Kier molecular flexibility index (Phi) is 6.04. The van der Waals surface area contributed by atoms with E-state index in [2.05, 4.69) is 11.0 Å². The number of fused-ring (bicyclic) bond motifs is 1. The van der Waals surface area contributed by atoms with Crippen molar-refractivity contribution in [3.63, 3.8) is 0 Å². The molecule has 6 nitrogen and oxygen atoms in total. The molecule has 2 heterocycles. The van der Waals surface area contributed by atoms with Crippen molar-refractivity contribution in [2.45, 2.75) is 25.5 Å². The summed E-state index contributed by atoms with van der Waals surface area (Å²) in [5.74, 6) is 3.58. The van der Waals surface area contributed by atoms with Gasteiger partial charge in [0.2, 0.25) is 0 Å². The van der Waals surface area contributed by atoms with Gasteiger partial charge in [-0.15, -0.1) is 0 Å². The van der Waals surface area contributed by atoms with Crippen molar-refractivity contribution in [2.75, 3.05) is 41.5 Å². The highest BCUT2D eigenvalue weighted by Crippen LogP contribution is 2.44. The average molecular weight is 411 g/mol. The molecular weight excluding hydrogens is 382 g/mol. The van der Waals surface area contributed by atoms with Gasteiger partial charge < -0.3 is 23.7 Å². The summed E-state index contributed by atoms with van der Waals surface area (Å²) in [6.07, 6.45) is 5.50. The molecule has 4 rings (SSSR count). The lowest BCUT2D eigenvalue weighted by molar-refractivity contribution is -0.0111. The largest absolute Gasteiger partial charge is 0.493 e. The number of rotatable bonds is 6. The zero-order chi connectivity index (χ0) is 21.1. The Morgan fingerprint density at radius 2 is 1.40 bits per heavy atom. The van der Waals surface area contributed by atoms with Crippen LogP contribution < -0.4 is 18.9 Å². The molecule has 6 heteroatoms. The minimum Gasteiger partial charge on any atom is -0.493 e. The molecule has 0 N–H and O–H groups in total. The van der Waals surface area contributed by atoms with Gasteiger partial charge in [0.05, 0.1) is 28.4 Å². The second-order valence-corrected chi connectivity index (χ2v) is 7.48. The lowest BCUT2D eigenvalue weighted by atomic mass is 9.97. The fraction of sp³-hybridized carbons (Fsp3) is 0.417. The summed E-state index contributed by atoms with van der Waals surface area (Å²) >= 11 is 0. The third-order valence-electron chi connectivity index (χ3n) is 5.77. The van der Waals surface area contributed by atoms with E-state index in [0.717, 1.165) is 35.5 Å².